The minimum atomic E-state index is 0. The Labute approximate surface area is 181 Å². The smallest absolute Gasteiger partial charge is 0.223 e. The number of hydrogen-bond donors (Lipinski definition) is 3. The van der Waals surface area contributed by atoms with Gasteiger partial charge >= 0.3 is 0 Å². The lowest BCUT2D eigenvalue weighted by Gasteiger charge is -2.35. The number of nitrogens with one attached hydrogen (secondary N) is 3. The van der Waals surface area contributed by atoms with Gasteiger partial charge in [0, 0.05) is 37.6 Å². The predicted octanol–water partition coefficient (Wildman–Crippen LogP) is 2.48. The second-order valence-corrected chi connectivity index (χ2v) is 8.22. The van der Waals surface area contributed by atoms with Gasteiger partial charge in [0.15, 0.2) is 5.96 Å². The van der Waals surface area contributed by atoms with E-state index in [0.717, 1.165) is 57.6 Å². The van der Waals surface area contributed by atoms with E-state index in [1.54, 1.807) is 0 Å². The van der Waals surface area contributed by atoms with Crippen molar-refractivity contribution in [2.45, 2.75) is 82.8 Å². The average molecular weight is 491 g/mol. The summed E-state index contributed by atoms with van der Waals surface area (Å²) in [4.78, 5) is 19.4. The topological polar surface area (TPSA) is 68.8 Å². The van der Waals surface area contributed by atoms with Gasteiger partial charge in [0.1, 0.15) is 0 Å². The highest BCUT2D eigenvalue weighted by Gasteiger charge is 2.31. The number of rotatable bonds is 6. The van der Waals surface area contributed by atoms with Crippen LogP contribution in [0.15, 0.2) is 4.99 Å². The van der Waals surface area contributed by atoms with E-state index in [-0.39, 0.29) is 35.8 Å². The third-order valence-corrected chi connectivity index (χ3v) is 6.19. The molecule has 3 fully saturated rings. The number of likely N-dealkylation sites (N-methyl/N-ethyl adjacent to an activating group) is 1. The number of piperidine rings is 1. The van der Waals surface area contributed by atoms with Crippen LogP contribution in [0.4, 0.5) is 0 Å². The van der Waals surface area contributed by atoms with E-state index in [9.17, 15) is 4.79 Å². The summed E-state index contributed by atoms with van der Waals surface area (Å²) in [5.74, 6) is 1.32. The summed E-state index contributed by atoms with van der Waals surface area (Å²) >= 11 is 0. The highest BCUT2D eigenvalue weighted by atomic mass is 127. The zero-order valence-electron chi connectivity index (χ0n) is 17.0. The molecule has 156 valence electrons. The third-order valence-electron chi connectivity index (χ3n) is 6.19. The van der Waals surface area contributed by atoms with Gasteiger partial charge in [-0.15, -0.1) is 24.0 Å². The molecule has 3 aliphatic rings. The summed E-state index contributed by atoms with van der Waals surface area (Å²) in [5, 5.41) is 10.3. The van der Waals surface area contributed by atoms with E-state index >= 15 is 0 Å². The van der Waals surface area contributed by atoms with Crippen molar-refractivity contribution < 1.29 is 4.79 Å². The monoisotopic (exact) mass is 491 g/mol. The number of carbonyl (C=O) groups excluding carboxylic acids is 1. The molecule has 3 rings (SSSR count). The molecule has 27 heavy (non-hydrogen) atoms. The zero-order valence-corrected chi connectivity index (χ0v) is 19.3. The second-order valence-electron chi connectivity index (χ2n) is 8.22. The number of carbonyl (C=O) groups is 1. The lowest BCUT2D eigenvalue weighted by molar-refractivity contribution is -0.126. The molecule has 2 aliphatic carbocycles. The van der Waals surface area contributed by atoms with Gasteiger partial charge in [0.25, 0.3) is 0 Å². The number of amides is 1. The first kappa shape index (κ1) is 22.7. The average Bonchev–Trinajstić information content (AvgIpc) is 3.49. The van der Waals surface area contributed by atoms with E-state index in [0.29, 0.717) is 18.1 Å². The molecule has 3 atom stereocenters. The quantitative estimate of drug-likeness (QED) is 0.304. The lowest BCUT2D eigenvalue weighted by Crippen LogP contribution is -2.51. The molecule has 6 nitrogen and oxygen atoms in total. The van der Waals surface area contributed by atoms with E-state index in [1.807, 2.05) is 7.05 Å². The Morgan fingerprint density at radius 3 is 2.56 bits per heavy atom. The molecule has 3 N–H and O–H groups in total. The summed E-state index contributed by atoms with van der Waals surface area (Å²) in [5.41, 5.74) is 0. The lowest BCUT2D eigenvalue weighted by atomic mass is 9.85. The van der Waals surface area contributed by atoms with Crippen LogP contribution in [0, 0.1) is 5.92 Å². The summed E-state index contributed by atoms with van der Waals surface area (Å²) in [6.45, 7) is 5.54. The highest BCUT2D eigenvalue weighted by molar-refractivity contribution is 14.0. The number of hydrogen-bond acceptors (Lipinski definition) is 3. The molecule has 0 spiro atoms. The number of guanidine groups is 1. The van der Waals surface area contributed by atoms with Crippen molar-refractivity contribution in [2.75, 3.05) is 26.7 Å². The van der Waals surface area contributed by atoms with Gasteiger partial charge in [0.2, 0.25) is 5.91 Å². The molecule has 2 saturated carbocycles. The molecular weight excluding hydrogens is 453 g/mol. The van der Waals surface area contributed by atoms with Crippen molar-refractivity contribution in [3.63, 3.8) is 0 Å². The van der Waals surface area contributed by atoms with Gasteiger partial charge in [-0.25, -0.2) is 0 Å². The second kappa shape index (κ2) is 11.4. The number of aliphatic imine (C=N–C) groups is 1. The van der Waals surface area contributed by atoms with Crippen LogP contribution >= 0.6 is 24.0 Å². The Bertz CT molecular complexity index is 497. The number of likely N-dealkylation sites (tertiary alicyclic amines) is 1. The van der Waals surface area contributed by atoms with Crippen LogP contribution in [0.2, 0.25) is 0 Å². The van der Waals surface area contributed by atoms with Crippen LogP contribution in [-0.4, -0.2) is 61.6 Å². The summed E-state index contributed by atoms with van der Waals surface area (Å²) < 4.78 is 0. The Balaban J connectivity index is 0.00000261. The highest BCUT2D eigenvalue weighted by Crippen LogP contribution is 2.26. The van der Waals surface area contributed by atoms with Crippen LogP contribution in [0.25, 0.3) is 0 Å². The van der Waals surface area contributed by atoms with E-state index in [4.69, 9.17) is 0 Å². The van der Waals surface area contributed by atoms with Crippen molar-refractivity contribution in [1.29, 1.82) is 0 Å². The molecule has 0 radical (unpaired) electrons. The van der Waals surface area contributed by atoms with Crippen molar-refractivity contribution in [1.82, 2.24) is 20.9 Å². The minimum absolute atomic E-state index is 0. The molecule has 0 bridgehead atoms. The van der Waals surface area contributed by atoms with Crippen molar-refractivity contribution in [3.05, 3.63) is 0 Å². The minimum Gasteiger partial charge on any atom is -0.355 e. The largest absolute Gasteiger partial charge is 0.355 e. The normalized spacial score (nSPS) is 29.6. The standard InChI is InChI=1S/C20H37N5O.HI/c1-3-25-12-5-4-9-18(25)14-22-20(21-2)24-17-8-6-7-15(13-17)19(26)23-16-10-11-16;/h15-18H,3-14H2,1-2H3,(H,23,26)(H2,21,22,24);1H. The fourth-order valence-corrected chi connectivity index (χ4v) is 4.42. The number of halogens is 1. The Kier molecular flexibility index (Phi) is 9.62. The van der Waals surface area contributed by atoms with Gasteiger partial charge in [-0.2, -0.15) is 0 Å². The van der Waals surface area contributed by atoms with Crippen LogP contribution in [0.5, 0.6) is 0 Å². The summed E-state index contributed by atoms with van der Waals surface area (Å²) in [6.07, 6.45) is 10.4. The van der Waals surface area contributed by atoms with Crippen LogP contribution < -0.4 is 16.0 Å². The molecule has 1 amide bonds. The number of nitrogens with zero attached hydrogens (tertiary/aromatic N) is 2. The molecule has 0 aromatic carbocycles. The van der Waals surface area contributed by atoms with Gasteiger partial charge in [-0.05, 0) is 58.0 Å². The zero-order chi connectivity index (χ0) is 18.4. The molecule has 1 heterocycles. The first-order chi connectivity index (χ1) is 12.7. The maximum Gasteiger partial charge on any atom is 0.223 e. The van der Waals surface area contributed by atoms with Crippen LogP contribution in [0.3, 0.4) is 0 Å². The van der Waals surface area contributed by atoms with Crippen molar-refractivity contribution in [3.8, 4) is 0 Å². The Morgan fingerprint density at radius 1 is 1.04 bits per heavy atom. The molecule has 7 heteroatoms. The molecule has 1 saturated heterocycles. The molecule has 1 aliphatic heterocycles. The summed E-state index contributed by atoms with van der Waals surface area (Å²) in [7, 11) is 1.84. The fraction of sp³-hybridized carbons (Fsp3) is 0.900. The van der Waals surface area contributed by atoms with E-state index in [2.05, 4.69) is 32.8 Å². The van der Waals surface area contributed by atoms with Crippen LogP contribution in [0.1, 0.15) is 64.7 Å². The third kappa shape index (κ3) is 7.07. The van der Waals surface area contributed by atoms with Gasteiger partial charge < -0.3 is 16.0 Å². The van der Waals surface area contributed by atoms with Crippen LogP contribution in [-0.2, 0) is 4.79 Å². The maximum atomic E-state index is 12.4. The first-order valence-corrected chi connectivity index (χ1v) is 10.7. The Morgan fingerprint density at radius 2 is 1.85 bits per heavy atom. The molecule has 0 aromatic heterocycles. The summed E-state index contributed by atoms with van der Waals surface area (Å²) in [6, 6.07) is 1.41. The first-order valence-electron chi connectivity index (χ1n) is 10.7. The van der Waals surface area contributed by atoms with Gasteiger partial charge in [-0.1, -0.05) is 19.8 Å². The van der Waals surface area contributed by atoms with E-state index in [1.165, 1.54) is 25.8 Å². The maximum absolute atomic E-state index is 12.4. The predicted molar refractivity (Wildman–Crippen MR) is 122 cm³/mol. The van der Waals surface area contributed by atoms with Crippen molar-refractivity contribution >= 4 is 35.8 Å². The fourth-order valence-electron chi connectivity index (χ4n) is 4.42. The Hall–Kier alpha value is -0.570. The molecular formula is C20H38IN5O. The van der Waals surface area contributed by atoms with Gasteiger partial charge in [0.05, 0.1) is 0 Å². The van der Waals surface area contributed by atoms with Crippen molar-refractivity contribution in [2.24, 2.45) is 10.9 Å². The molecule has 3 unspecified atom stereocenters. The van der Waals surface area contributed by atoms with E-state index < -0.39 is 0 Å². The van der Waals surface area contributed by atoms with Gasteiger partial charge in [-0.3, -0.25) is 14.7 Å². The SMILES string of the molecule is CCN1CCCCC1CNC(=NC)NC1CCCC(C(=O)NC2CC2)C1.I. The molecule has 0 aromatic rings.